The highest BCUT2D eigenvalue weighted by atomic mass is 32.2. The fraction of sp³-hybridized carbons (Fsp3) is 0.455. The van der Waals surface area contributed by atoms with Crippen LogP contribution in [0.1, 0.15) is 12.8 Å². The summed E-state index contributed by atoms with van der Waals surface area (Å²) in [5.74, 6) is -0.476. The second kappa shape index (κ2) is 5.58. The van der Waals surface area contributed by atoms with E-state index in [1.54, 1.807) is 0 Å². The van der Waals surface area contributed by atoms with Crippen LogP contribution >= 0.6 is 0 Å². The van der Waals surface area contributed by atoms with Crippen molar-refractivity contribution in [2.24, 2.45) is 0 Å². The molecule has 1 saturated heterocycles. The van der Waals surface area contributed by atoms with Crippen LogP contribution in [-0.2, 0) is 14.9 Å². The fourth-order valence-electron chi connectivity index (χ4n) is 1.69. The molecule has 0 saturated carbocycles. The number of sulfonamides is 1. The van der Waals surface area contributed by atoms with Crippen molar-refractivity contribution in [2.75, 3.05) is 13.2 Å². The number of ether oxygens (including phenoxy) is 1. The van der Waals surface area contributed by atoms with Crippen molar-refractivity contribution in [3.63, 3.8) is 0 Å². The van der Waals surface area contributed by atoms with Gasteiger partial charge in [0.05, 0.1) is 11.5 Å². The molecule has 0 radical (unpaired) electrons. The predicted octanol–water partition coefficient (Wildman–Crippen LogP) is 2.30. The molecule has 20 heavy (non-hydrogen) atoms. The Kier molecular flexibility index (Phi) is 4.21. The maximum atomic E-state index is 12.1. The molecule has 1 heterocycles. The lowest BCUT2D eigenvalue weighted by Gasteiger charge is -2.25. The minimum atomic E-state index is -4.81. The molecule has 0 aromatic heterocycles. The molecule has 0 unspecified atom stereocenters. The van der Waals surface area contributed by atoms with Crippen LogP contribution in [0.4, 0.5) is 13.2 Å². The van der Waals surface area contributed by atoms with Crippen LogP contribution in [-0.4, -0.2) is 32.4 Å². The first-order chi connectivity index (χ1) is 9.29. The van der Waals surface area contributed by atoms with Gasteiger partial charge in [-0.2, -0.15) is 0 Å². The second-order valence-electron chi connectivity index (χ2n) is 4.09. The van der Waals surface area contributed by atoms with E-state index in [1.165, 1.54) is 0 Å². The van der Waals surface area contributed by atoms with E-state index in [1.807, 2.05) is 0 Å². The van der Waals surface area contributed by atoms with E-state index in [0.29, 0.717) is 13.0 Å². The summed E-state index contributed by atoms with van der Waals surface area (Å²) in [5, 5.41) is 0. The third-order valence-corrected chi connectivity index (χ3v) is 4.29. The topological polar surface area (TPSA) is 55.8 Å². The van der Waals surface area contributed by atoms with Crippen molar-refractivity contribution in [1.29, 1.82) is 0 Å². The summed E-state index contributed by atoms with van der Waals surface area (Å²) in [5.41, 5.74) is 0. The van der Waals surface area contributed by atoms with Crippen LogP contribution in [0.3, 0.4) is 0 Å². The highest BCUT2D eigenvalue weighted by Gasteiger charge is 2.32. The van der Waals surface area contributed by atoms with Crippen LogP contribution in [0.15, 0.2) is 29.2 Å². The van der Waals surface area contributed by atoms with Crippen LogP contribution in [0, 0.1) is 0 Å². The second-order valence-corrected chi connectivity index (χ2v) is 5.92. The molecule has 112 valence electrons. The van der Waals surface area contributed by atoms with E-state index in [9.17, 15) is 21.6 Å². The highest BCUT2D eigenvalue weighted by molar-refractivity contribution is 7.89. The van der Waals surface area contributed by atoms with Crippen LogP contribution < -0.4 is 4.74 Å². The Morgan fingerprint density at radius 3 is 2.30 bits per heavy atom. The first-order valence-electron chi connectivity index (χ1n) is 5.80. The van der Waals surface area contributed by atoms with Gasteiger partial charge in [-0.25, -0.2) is 8.42 Å². The number of rotatable bonds is 3. The third kappa shape index (κ3) is 3.62. The fourth-order valence-corrected chi connectivity index (χ4v) is 2.99. The standard InChI is InChI=1S/C11H12F3NO4S/c12-11(13,14)19-9-3-5-10(6-4-9)20(16,17)15-7-1-2-8-18-15/h3-6H,1-2,7-8H2. The Hall–Kier alpha value is -1.32. The monoisotopic (exact) mass is 311 g/mol. The van der Waals surface area contributed by atoms with Gasteiger partial charge in [0.25, 0.3) is 10.0 Å². The van der Waals surface area contributed by atoms with Crippen LogP contribution in [0.25, 0.3) is 0 Å². The molecule has 0 spiro atoms. The first-order valence-corrected chi connectivity index (χ1v) is 7.24. The Bertz CT molecular complexity index is 550. The van der Waals surface area contributed by atoms with Gasteiger partial charge < -0.3 is 4.74 Å². The molecule has 0 N–H and O–H groups in total. The van der Waals surface area contributed by atoms with Crippen LogP contribution in [0.5, 0.6) is 5.75 Å². The normalized spacial score (nSPS) is 17.9. The summed E-state index contributed by atoms with van der Waals surface area (Å²) in [6.45, 7) is 0.525. The summed E-state index contributed by atoms with van der Waals surface area (Å²) in [6.07, 6.45) is -3.37. The maximum Gasteiger partial charge on any atom is 0.573 e. The Morgan fingerprint density at radius 1 is 1.15 bits per heavy atom. The van der Waals surface area contributed by atoms with E-state index >= 15 is 0 Å². The lowest BCUT2D eigenvalue weighted by atomic mass is 10.3. The molecular weight excluding hydrogens is 299 g/mol. The molecule has 0 bridgehead atoms. The number of benzene rings is 1. The van der Waals surface area contributed by atoms with E-state index in [2.05, 4.69) is 4.74 Å². The number of nitrogens with zero attached hydrogens (tertiary/aromatic N) is 1. The quantitative estimate of drug-likeness (QED) is 0.859. The molecule has 0 aliphatic carbocycles. The minimum Gasteiger partial charge on any atom is -0.406 e. The van der Waals surface area contributed by atoms with Gasteiger partial charge in [0.15, 0.2) is 0 Å². The van der Waals surface area contributed by atoms with Gasteiger partial charge in [-0.3, -0.25) is 4.84 Å². The minimum absolute atomic E-state index is 0.145. The van der Waals surface area contributed by atoms with Crippen molar-refractivity contribution < 1.29 is 31.2 Å². The molecule has 0 atom stereocenters. The Labute approximate surface area is 113 Å². The smallest absolute Gasteiger partial charge is 0.406 e. The van der Waals surface area contributed by atoms with Crippen molar-refractivity contribution >= 4 is 10.0 Å². The molecule has 1 aliphatic rings. The lowest BCUT2D eigenvalue weighted by molar-refractivity contribution is -0.274. The summed E-state index contributed by atoms with van der Waals surface area (Å²) in [4.78, 5) is 4.90. The van der Waals surface area contributed by atoms with Gasteiger partial charge >= 0.3 is 6.36 Å². The summed E-state index contributed by atoms with van der Waals surface area (Å²) >= 11 is 0. The first kappa shape index (κ1) is 15.1. The number of hydrogen-bond donors (Lipinski definition) is 0. The molecule has 1 aromatic carbocycles. The molecule has 1 aromatic rings. The summed E-state index contributed by atoms with van der Waals surface area (Å²) in [7, 11) is -3.85. The van der Waals surface area contributed by atoms with Crippen molar-refractivity contribution in [2.45, 2.75) is 24.1 Å². The largest absolute Gasteiger partial charge is 0.573 e. The van der Waals surface area contributed by atoms with Crippen molar-refractivity contribution in [1.82, 2.24) is 4.47 Å². The van der Waals surface area contributed by atoms with E-state index in [4.69, 9.17) is 4.84 Å². The van der Waals surface area contributed by atoms with E-state index in [-0.39, 0.29) is 11.4 Å². The number of halogens is 3. The van der Waals surface area contributed by atoms with Gasteiger partial charge in [0, 0.05) is 6.54 Å². The number of alkyl halides is 3. The average Bonchev–Trinajstić information content (AvgIpc) is 2.38. The molecule has 0 amide bonds. The van der Waals surface area contributed by atoms with Gasteiger partial charge in [-0.15, -0.1) is 13.2 Å². The highest BCUT2D eigenvalue weighted by Crippen LogP contribution is 2.25. The van der Waals surface area contributed by atoms with Gasteiger partial charge in [-0.1, -0.05) is 4.47 Å². The van der Waals surface area contributed by atoms with Crippen LogP contribution in [0.2, 0.25) is 0 Å². The molecule has 1 aliphatic heterocycles. The van der Waals surface area contributed by atoms with E-state index in [0.717, 1.165) is 35.2 Å². The number of hydroxylamine groups is 1. The summed E-state index contributed by atoms with van der Waals surface area (Å²) < 4.78 is 64.8. The molecular formula is C11H12F3NO4S. The Balaban J connectivity index is 2.16. The summed E-state index contributed by atoms with van der Waals surface area (Å²) in [6, 6.07) is 4.00. The molecule has 9 heteroatoms. The Morgan fingerprint density at radius 2 is 1.80 bits per heavy atom. The molecule has 5 nitrogen and oxygen atoms in total. The lowest BCUT2D eigenvalue weighted by Crippen LogP contribution is -2.35. The zero-order chi connectivity index (χ0) is 14.8. The van der Waals surface area contributed by atoms with E-state index < -0.39 is 22.1 Å². The number of hydrogen-bond acceptors (Lipinski definition) is 4. The van der Waals surface area contributed by atoms with Gasteiger partial charge in [0.1, 0.15) is 5.75 Å². The maximum absolute atomic E-state index is 12.1. The predicted molar refractivity (Wildman–Crippen MR) is 62.2 cm³/mol. The molecule has 1 fully saturated rings. The SMILES string of the molecule is O=S(=O)(c1ccc(OC(F)(F)F)cc1)N1CCCCO1. The third-order valence-electron chi connectivity index (χ3n) is 2.59. The van der Waals surface area contributed by atoms with Gasteiger partial charge in [0.2, 0.25) is 0 Å². The van der Waals surface area contributed by atoms with Crippen molar-refractivity contribution in [3.8, 4) is 5.75 Å². The van der Waals surface area contributed by atoms with Gasteiger partial charge in [-0.05, 0) is 37.1 Å². The zero-order valence-corrected chi connectivity index (χ0v) is 11.1. The average molecular weight is 311 g/mol. The zero-order valence-electron chi connectivity index (χ0n) is 10.3. The van der Waals surface area contributed by atoms with Crippen molar-refractivity contribution in [3.05, 3.63) is 24.3 Å². The molecule has 2 rings (SSSR count).